The fraction of sp³-hybridized carbons (Fsp3) is 0.385. The maximum atomic E-state index is 13.2. The van der Waals surface area contributed by atoms with E-state index in [-0.39, 0.29) is 6.54 Å². The Kier molecular flexibility index (Phi) is 5.89. The zero-order chi connectivity index (χ0) is 15.1. The van der Waals surface area contributed by atoms with Crippen LogP contribution in [0.25, 0.3) is 0 Å². The van der Waals surface area contributed by atoms with Gasteiger partial charge in [-0.1, -0.05) is 13.0 Å². The van der Waals surface area contributed by atoms with E-state index in [4.69, 9.17) is 5.11 Å². The Morgan fingerprint density at radius 3 is 2.45 bits per heavy atom. The molecule has 1 aromatic carbocycles. The van der Waals surface area contributed by atoms with Gasteiger partial charge in [-0.2, -0.15) is 0 Å². The van der Waals surface area contributed by atoms with Gasteiger partial charge in [-0.25, -0.2) is 13.6 Å². The number of carboxylic acids is 1. The highest BCUT2D eigenvalue weighted by Gasteiger charge is 2.12. The maximum Gasteiger partial charge on any atom is 0.319 e. The highest BCUT2D eigenvalue weighted by molar-refractivity contribution is 5.89. The van der Waals surface area contributed by atoms with Crippen molar-refractivity contribution in [1.82, 2.24) is 5.32 Å². The summed E-state index contributed by atoms with van der Waals surface area (Å²) in [5.74, 6) is -3.12. The van der Waals surface area contributed by atoms with Crippen molar-refractivity contribution in [1.29, 1.82) is 0 Å². The van der Waals surface area contributed by atoms with Crippen molar-refractivity contribution in [3.63, 3.8) is 0 Å². The molecule has 1 unspecified atom stereocenters. The van der Waals surface area contributed by atoms with Crippen molar-refractivity contribution in [2.75, 3.05) is 11.9 Å². The Balaban J connectivity index is 2.36. The number of anilines is 1. The molecule has 0 fully saturated rings. The predicted octanol–water partition coefficient (Wildman–Crippen LogP) is 2.59. The number of rotatable bonds is 6. The highest BCUT2D eigenvalue weighted by Crippen LogP contribution is 2.17. The average molecular weight is 286 g/mol. The van der Waals surface area contributed by atoms with E-state index in [2.05, 4.69) is 10.6 Å². The minimum Gasteiger partial charge on any atom is -0.481 e. The lowest BCUT2D eigenvalue weighted by atomic mass is 10.1. The number of carbonyl (C=O) groups excluding carboxylic acids is 1. The van der Waals surface area contributed by atoms with Crippen LogP contribution in [0.2, 0.25) is 0 Å². The van der Waals surface area contributed by atoms with Gasteiger partial charge in [0.25, 0.3) is 0 Å². The summed E-state index contributed by atoms with van der Waals surface area (Å²) < 4.78 is 26.5. The SMILES string of the molecule is CC(CCCNC(=O)Nc1c(F)cccc1F)C(=O)O. The largest absolute Gasteiger partial charge is 0.481 e. The van der Waals surface area contributed by atoms with Gasteiger partial charge in [0, 0.05) is 6.54 Å². The monoisotopic (exact) mass is 286 g/mol. The first-order valence-electron chi connectivity index (χ1n) is 6.13. The molecule has 0 bridgehead atoms. The molecule has 0 aliphatic heterocycles. The number of amides is 2. The van der Waals surface area contributed by atoms with Gasteiger partial charge >= 0.3 is 12.0 Å². The molecule has 0 saturated carbocycles. The van der Waals surface area contributed by atoms with E-state index in [0.29, 0.717) is 12.8 Å². The zero-order valence-corrected chi connectivity index (χ0v) is 11.0. The van der Waals surface area contributed by atoms with Crippen molar-refractivity contribution >= 4 is 17.7 Å². The molecule has 110 valence electrons. The summed E-state index contributed by atoms with van der Waals surface area (Å²) >= 11 is 0. The molecule has 1 atom stereocenters. The van der Waals surface area contributed by atoms with Crippen molar-refractivity contribution in [3.05, 3.63) is 29.8 Å². The van der Waals surface area contributed by atoms with Gasteiger partial charge in [0.2, 0.25) is 0 Å². The number of nitrogens with one attached hydrogen (secondary N) is 2. The zero-order valence-electron chi connectivity index (χ0n) is 11.0. The quantitative estimate of drug-likeness (QED) is 0.703. The van der Waals surface area contributed by atoms with Gasteiger partial charge in [-0.3, -0.25) is 4.79 Å². The standard InChI is InChI=1S/C13H16F2N2O3/c1-8(12(18)19)4-3-7-16-13(20)17-11-9(14)5-2-6-10(11)15/h2,5-6,8H,3-4,7H2,1H3,(H,18,19)(H2,16,17,20). The number of hydrogen-bond acceptors (Lipinski definition) is 2. The van der Waals surface area contributed by atoms with Crippen LogP contribution < -0.4 is 10.6 Å². The first-order valence-corrected chi connectivity index (χ1v) is 6.13. The summed E-state index contributed by atoms with van der Waals surface area (Å²) in [6.07, 6.45) is 0.865. The van der Waals surface area contributed by atoms with E-state index in [1.165, 1.54) is 6.07 Å². The van der Waals surface area contributed by atoms with E-state index >= 15 is 0 Å². The number of carboxylic acid groups (broad SMARTS) is 1. The molecule has 0 aliphatic rings. The average Bonchev–Trinajstić information content (AvgIpc) is 2.38. The number of halogens is 2. The summed E-state index contributed by atoms with van der Waals surface area (Å²) in [4.78, 5) is 22.0. The van der Waals surface area contributed by atoms with Gasteiger partial charge in [0.1, 0.15) is 17.3 Å². The molecule has 7 heteroatoms. The van der Waals surface area contributed by atoms with E-state index in [9.17, 15) is 18.4 Å². The second-order valence-corrected chi connectivity index (χ2v) is 4.36. The van der Waals surface area contributed by atoms with Gasteiger partial charge in [-0.15, -0.1) is 0 Å². The van der Waals surface area contributed by atoms with Crippen LogP contribution in [0.4, 0.5) is 19.3 Å². The number of carbonyl (C=O) groups is 2. The summed E-state index contributed by atoms with van der Waals surface area (Å²) in [5.41, 5.74) is -0.510. The Labute approximate surface area is 115 Å². The number of hydrogen-bond donors (Lipinski definition) is 3. The number of para-hydroxylation sites is 1. The molecule has 20 heavy (non-hydrogen) atoms. The van der Waals surface area contributed by atoms with Crippen LogP contribution in [0.1, 0.15) is 19.8 Å². The smallest absolute Gasteiger partial charge is 0.319 e. The summed E-state index contributed by atoms with van der Waals surface area (Å²) in [7, 11) is 0. The second-order valence-electron chi connectivity index (χ2n) is 4.36. The van der Waals surface area contributed by atoms with Crippen LogP contribution in [-0.4, -0.2) is 23.7 Å². The minimum absolute atomic E-state index is 0.222. The highest BCUT2D eigenvalue weighted by atomic mass is 19.1. The van der Waals surface area contributed by atoms with Crippen LogP contribution in [0.15, 0.2) is 18.2 Å². The first kappa shape index (κ1) is 15.9. The van der Waals surface area contributed by atoms with Crippen LogP contribution in [0, 0.1) is 17.6 Å². The van der Waals surface area contributed by atoms with Gasteiger partial charge in [-0.05, 0) is 25.0 Å². The van der Waals surface area contributed by atoms with E-state index in [1.807, 2.05) is 0 Å². The minimum atomic E-state index is -0.900. The molecule has 0 saturated heterocycles. The molecule has 0 aromatic heterocycles. The fourth-order valence-corrected chi connectivity index (χ4v) is 1.51. The lowest BCUT2D eigenvalue weighted by Gasteiger charge is -2.10. The molecule has 1 rings (SSSR count). The third-order valence-corrected chi connectivity index (χ3v) is 2.72. The molecule has 0 aliphatic carbocycles. The van der Waals surface area contributed by atoms with E-state index < -0.39 is 35.2 Å². The fourth-order valence-electron chi connectivity index (χ4n) is 1.51. The Morgan fingerprint density at radius 2 is 1.90 bits per heavy atom. The Hall–Kier alpha value is -2.18. The third kappa shape index (κ3) is 4.83. The lowest BCUT2D eigenvalue weighted by molar-refractivity contribution is -0.141. The van der Waals surface area contributed by atoms with Gasteiger partial charge < -0.3 is 15.7 Å². The van der Waals surface area contributed by atoms with E-state index in [1.54, 1.807) is 6.92 Å². The summed E-state index contributed by atoms with van der Waals surface area (Å²) in [5, 5.41) is 13.1. The van der Waals surface area contributed by atoms with Gasteiger partial charge in [0.05, 0.1) is 5.92 Å². The van der Waals surface area contributed by atoms with Crippen LogP contribution in [0.3, 0.4) is 0 Å². The molecule has 0 radical (unpaired) electrons. The number of aliphatic carboxylic acids is 1. The number of urea groups is 1. The summed E-state index contributed by atoms with van der Waals surface area (Å²) in [6, 6.07) is 2.53. The maximum absolute atomic E-state index is 13.2. The van der Waals surface area contributed by atoms with Crippen molar-refractivity contribution in [2.24, 2.45) is 5.92 Å². The van der Waals surface area contributed by atoms with Crippen molar-refractivity contribution < 1.29 is 23.5 Å². The molecular formula is C13H16F2N2O3. The topological polar surface area (TPSA) is 78.4 Å². The van der Waals surface area contributed by atoms with Crippen LogP contribution in [-0.2, 0) is 4.79 Å². The Bertz CT molecular complexity index is 474. The second kappa shape index (κ2) is 7.42. The normalized spacial score (nSPS) is 11.8. The summed E-state index contributed by atoms with van der Waals surface area (Å²) in [6.45, 7) is 1.79. The van der Waals surface area contributed by atoms with Gasteiger partial charge in [0.15, 0.2) is 0 Å². The number of benzene rings is 1. The molecular weight excluding hydrogens is 270 g/mol. The molecule has 0 heterocycles. The molecule has 3 N–H and O–H groups in total. The molecule has 1 aromatic rings. The van der Waals surface area contributed by atoms with Crippen LogP contribution >= 0.6 is 0 Å². The first-order chi connectivity index (χ1) is 9.41. The van der Waals surface area contributed by atoms with E-state index in [0.717, 1.165) is 12.1 Å². The molecule has 5 nitrogen and oxygen atoms in total. The molecule has 2 amide bonds. The van der Waals surface area contributed by atoms with Crippen LogP contribution in [0.5, 0.6) is 0 Å². The predicted molar refractivity (Wildman–Crippen MR) is 69.4 cm³/mol. The van der Waals surface area contributed by atoms with Crippen molar-refractivity contribution in [3.8, 4) is 0 Å². The Morgan fingerprint density at radius 1 is 1.30 bits per heavy atom. The third-order valence-electron chi connectivity index (χ3n) is 2.72. The molecule has 0 spiro atoms. The van der Waals surface area contributed by atoms with Crippen molar-refractivity contribution in [2.45, 2.75) is 19.8 Å². The lowest BCUT2D eigenvalue weighted by Crippen LogP contribution is -2.30.